The van der Waals surface area contributed by atoms with E-state index in [2.05, 4.69) is 27.3 Å². The summed E-state index contributed by atoms with van der Waals surface area (Å²) in [6, 6.07) is 21.8. The van der Waals surface area contributed by atoms with Gasteiger partial charge in [-0.15, -0.1) is 0 Å². The molecule has 1 saturated heterocycles. The first-order valence-corrected chi connectivity index (χ1v) is 12.4. The van der Waals surface area contributed by atoms with Crippen molar-refractivity contribution in [3.05, 3.63) is 96.4 Å². The van der Waals surface area contributed by atoms with Gasteiger partial charge in [-0.2, -0.15) is 5.10 Å². The molecule has 1 aliphatic rings. The molecule has 5 rings (SSSR count). The summed E-state index contributed by atoms with van der Waals surface area (Å²) in [6.07, 6.45) is 8.87. The van der Waals surface area contributed by atoms with Crippen LogP contribution in [0, 0.1) is 0 Å². The number of rotatable bonds is 8. The van der Waals surface area contributed by atoms with Crippen LogP contribution in [0.1, 0.15) is 41.2 Å². The maximum absolute atomic E-state index is 13.6. The molecular formula is C29H31N5O2. The highest BCUT2D eigenvalue weighted by atomic mass is 16.5. The highest BCUT2D eigenvalue weighted by Crippen LogP contribution is 2.27. The molecule has 3 heterocycles. The number of nitrogens with zero attached hydrogens (tertiary/aromatic N) is 4. The van der Waals surface area contributed by atoms with Crippen LogP contribution >= 0.6 is 0 Å². The molecule has 0 radical (unpaired) electrons. The first-order valence-electron chi connectivity index (χ1n) is 12.4. The van der Waals surface area contributed by atoms with Crippen molar-refractivity contribution in [2.75, 3.05) is 26.7 Å². The van der Waals surface area contributed by atoms with E-state index in [0.29, 0.717) is 17.8 Å². The smallest absolute Gasteiger partial charge is 0.255 e. The molecule has 4 aromatic rings. The minimum absolute atomic E-state index is 0.0890. The summed E-state index contributed by atoms with van der Waals surface area (Å²) in [5.41, 5.74) is 4.01. The molecule has 0 spiro atoms. The third-order valence-corrected chi connectivity index (χ3v) is 6.70. The summed E-state index contributed by atoms with van der Waals surface area (Å²) in [7, 11) is 1.67. The molecule has 1 aliphatic heterocycles. The van der Waals surface area contributed by atoms with E-state index in [1.54, 1.807) is 30.4 Å². The van der Waals surface area contributed by atoms with E-state index in [0.717, 1.165) is 30.1 Å². The van der Waals surface area contributed by atoms with Crippen LogP contribution in [0.4, 0.5) is 0 Å². The van der Waals surface area contributed by atoms with Crippen LogP contribution in [-0.4, -0.2) is 52.3 Å². The Morgan fingerprint density at radius 1 is 1.00 bits per heavy atom. The number of carbonyl (C=O) groups is 1. The Balaban J connectivity index is 1.42. The van der Waals surface area contributed by atoms with Gasteiger partial charge in [0.25, 0.3) is 5.91 Å². The molecule has 36 heavy (non-hydrogen) atoms. The SMILES string of the molecule is COc1ccc(C(CNC(=O)c2cn(-c3ccccc3)nc2-c2cccnc2)N2CCCCC2)cc1. The Morgan fingerprint density at radius 3 is 2.47 bits per heavy atom. The van der Waals surface area contributed by atoms with Gasteiger partial charge in [0.15, 0.2) is 0 Å². The van der Waals surface area contributed by atoms with Gasteiger partial charge in [-0.3, -0.25) is 14.7 Å². The number of ether oxygens (including phenoxy) is 1. The van der Waals surface area contributed by atoms with Gasteiger partial charge < -0.3 is 10.1 Å². The van der Waals surface area contributed by atoms with Crippen molar-refractivity contribution in [2.45, 2.75) is 25.3 Å². The average Bonchev–Trinajstić information content (AvgIpc) is 3.41. The summed E-state index contributed by atoms with van der Waals surface area (Å²) < 4.78 is 7.10. The van der Waals surface area contributed by atoms with Crippen LogP contribution in [0.25, 0.3) is 16.9 Å². The quantitative estimate of drug-likeness (QED) is 0.388. The Bertz CT molecular complexity index is 1270. The molecule has 1 fully saturated rings. The number of amides is 1. The maximum Gasteiger partial charge on any atom is 0.255 e. The van der Waals surface area contributed by atoms with E-state index < -0.39 is 0 Å². The fourth-order valence-corrected chi connectivity index (χ4v) is 4.77. The van der Waals surface area contributed by atoms with Gasteiger partial charge in [0.05, 0.1) is 24.4 Å². The van der Waals surface area contributed by atoms with Gasteiger partial charge in [0, 0.05) is 30.7 Å². The second-order valence-electron chi connectivity index (χ2n) is 9.01. The maximum atomic E-state index is 13.6. The molecule has 184 valence electrons. The molecule has 1 unspecified atom stereocenters. The lowest BCUT2D eigenvalue weighted by atomic mass is 10.0. The lowest BCUT2D eigenvalue weighted by Crippen LogP contribution is -2.40. The summed E-state index contributed by atoms with van der Waals surface area (Å²) in [5, 5.41) is 7.97. The summed E-state index contributed by atoms with van der Waals surface area (Å²) in [4.78, 5) is 20.3. The molecule has 2 aromatic heterocycles. The first-order chi connectivity index (χ1) is 17.7. The van der Waals surface area contributed by atoms with Crippen LogP contribution in [0.5, 0.6) is 5.75 Å². The number of likely N-dealkylation sites (tertiary alicyclic amines) is 1. The van der Waals surface area contributed by atoms with E-state index in [1.807, 2.05) is 54.6 Å². The van der Waals surface area contributed by atoms with Crippen molar-refractivity contribution in [1.29, 1.82) is 0 Å². The van der Waals surface area contributed by atoms with Crippen LogP contribution < -0.4 is 10.1 Å². The normalized spacial score (nSPS) is 14.8. The lowest BCUT2D eigenvalue weighted by Gasteiger charge is -2.35. The zero-order valence-electron chi connectivity index (χ0n) is 20.5. The van der Waals surface area contributed by atoms with Gasteiger partial charge in [-0.25, -0.2) is 4.68 Å². The van der Waals surface area contributed by atoms with Crippen molar-refractivity contribution in [3.8, 4) is 22.7 Å². The van der Waals surface area contributed by atoms with E-state index in [9.17, 15) is 4.79 Å². The number of para-hydroxylation sites is 1. The molecule has 1 N–H and O–H groups in total. The Hall–Kier alpha value is -3.97. The molecule has 2 aromatic carbocycles. The number of carbonyl (C=O) groups excluding carboxylic acids is 1. The van der Waals surface area contributed by atoms with E-state index in [-0.39, 0.29) is 11.9 Å². The molecule has 0 aliphatic carbocycles. The van der Waals surface area contributed by atoms with Gasteiger partial charge in [-0.05, 0) is 67.9 Å². The van der Waals surface area contributed by atoms with Crippen LogP contribution in [0.2, 0.25) is 0 Å². The summed E-state index contributed by atoms with van der Waals surface area (Å²) in [5.74, 6) is 0.682. The largest absolute Gasteiger partial charge is 0.497 e. The van der Waals surface area contributed by atoms with Gasteiger partial charge in [-0.1, -0.05) is 36.8 Å². The minimum Gasteiger partial charge on any atom is -0.497 e. The van der Waals surface area contributed by atoms with Crippen molar-refractivity contribution >= 4 is 5.91 Å². The topological polar surface area (TPSA) is 72.3 Å². The van der Waals surface area contributed by atoms with Crippen molar-refractivity contribution in [1.82, 2.24) is 25.0 Å². The Morgan fingerprint density at radius 2 is 1.78 bits per heavy atom. The molecule has 1 atom stereocenters. The number of methoxy groups -OCH3 is 1. The minimum atomic E-state index is -0.147. The molecular weight excluding hydrogens is 450 g/mol. The summed E-state index contributed by atoms with van der Waals surface area (Å²) >= 11 is 0. The van der Waals surface area contributed by atoms with Crippen LogP contribution in [0.15, 0.2) is 85.3 Å². The second-order valence-corrected chi connectivity index (χ2v) is 9.01. The van der Waals surface area contributed by atoms with Crippen molar-refractivity contribution in [2.24, 2.45) is 0 Å². The monoisotopic (exact) mass is 481 g/mol. The molecule has 0 saturated carbocycles. The van der Waals surface area contributed by atoms with Crippen molar-refractivity contribution in [3.63, 3.8) is 0 Å². The van der Waals surface area contributed by atoms with Gasteiger partial charge in [0.1, 0.15) is 11.4 Å². The predicted octanol–water partition coefficient (Wildman–Crippen LogP) is 4.90. The average molecular weight is 482 g/mol. The fraction of sp³-hybridized carbons (Fsp3) is 0.276. The van der Waals surface area contributed by atoms with Crippen molar-refractivity contribution < 1.29 is 9.53 Å². The molecule has 7 heteroatoms. The fourth-order valence-electron chi connectivity index (χ4n) is 4.77. The number of aromatic nitrogens is 3. The summed E-state index contributed by atoms with van der Waals surface area (Å²) in [6.45, 7) is 2.56. The zero-order valence-corrected chi connectivity index (χ0v) is 20.5. The first kappa shape index (κ1) is 23.8. The van der Waals surface area contributed by atoms with E-state index >= 15 is 0 Å². The second kappa shape index (κ2) is 11.2. The zero-order chi connectivity index (χ0) is 24.7. The van der Waals surface area contributed by atoms with Crippen LogP contribution in [-0.2, 0) is 0 Å². The third kappa shape index (κ3) is 5.31. The van der Waals surface area contributed by atoms with Gasteiger partial charge in [0.2, 0.25) is 0 Å². The molecule has 7 nitrogen and oxygen atoms in total. The number of benzene rings is 2. The lowest BCUT2D eigenvalue weighted by molar-refractivity contribution is 0.0925. The van der Waals surface area contributed by atoms with Gasteiger partial charge >= 0.3 is 0 Å². The van der Waals surface area contributed by atoms with E-state index in [4.69, 9.17) is 9.84 Å². The molecule has 0 bridgehead atoms. The Kier molecular flexibility index (Phi) is 7.38. The highest BCUT2D eigenvalue weighted by Gasteiger charge is 2.25. The molecule has 1 amide bonds. The highest BCUT2D eigenvalue weighted by molar-refractivity contribution is 5.99. The number of hydrogen-bond donors (Lipinski definition) is 1. The number of pyridine rings is 1. The number of nitrogens with one attached hydrogen (secondary N) is 1. The number of hydrogen-bond acceptors (Lipinski definition) is 5. The number of piperidine rings is 1. The Labute approximate surface area is 211 Å². The van der Waals surface area contributed by atoms with Crippen LogP contribution in [0.3, 0.4) is 0 Å². The third-order valence-electron chi connectivity index (χ3n) is 6.70. The predicted molar refractivity (Wildman–Crippen MR) is 140 cm³/mol. The van der Waals surface area contributed by atoms with E-state index in [1.165, 1.54) is 24.8 Å². The standard InChI is InChI=1S/C29H31N5O2/c1-36-25-14-12-22(13-15-25)27(33-17-6-3-7-18-33)20-31-29(35)26-21-34(24-10-4-2-5-11-24)32-28(26)23-9-8-16-30-19-23/h2,4-5,8-16,19,21,27H,3,6-7,17-18,20H2,1H3,(H,31,35).